The molecule has 0 N–H and O–H groups in total. The molecule has 8 aromatic rings. The molecule has 1 nitrogen and oxygen atoms in total. The van der Waals surface area contributed by atoms with Crippen LogP contribution in [-0.2, 0) is 5.41 Å². The lowest BCUT2D eigenvalue weighted by Crippen LogP contribution is -2.28. The molecule has 2 aromatic heterocycles. The van der Waals surface area contributed by atoms with Crippen molar-refractivity contribution in [3.05, 3.63) is 154 Å². The standard InChI is InChI=1S/C37H20Cl2OS/c38-23-15-17-25-28(19-23)37(21-9-3-1-4-10-21,22-11-5-2-6-12-22)34-31(25)32-27-13-7-8-14-30(27)41-36(32)33-26-18-16-24(39)20-29(26)40-35(33)34/h1-20H. The predicted molar refractivity (Wildman–Crippen MR) is 174 cm³/mol. The third-order valence-corrected chi connectivity index (χ3v) is 10.3. The molecule has 0 amide bonds. The Morgan fingerprint density at radius 1 is 0.610 bits per heavy atom. The van der Waals surface area contributed by atoms with Gasteiger partial charge in [0.2, 0.25) is 0 Å². The Hall–Kier alpha value is -4.08. The van der Waals surface area contributed by atoms with Crippen molar-refractivity contribution in [1.82, 2.24) is 0 Å². The Kier molecular flexibility index (Phi) is 4.88. The maximum atomic E-state index is 6.93. The average Bonchev–Trinajstić information content (AvgIpc) is 3.66. The summed E-state index contributed by atoms with van der Waals surface area (Å²) in [6.45, 7) is 0. The molecule has 41 heavy (non-hydrogen) atoms. The van der Waals surface area contributed by atoms with Gasteiger partial charge >= 0.3 is 0 Å². The third-order valence-electron chi connectivity index (χ3n) is 8.65. The summed E-state index contributed by atoms with van der Waals surface area (Å²) >= 11 is 15.2. The molecule has 1 aliphatic carbocycles. The highest BCUT2D eigenvalue weighted by Crippen LogP contribution is 2.63. The molecule has 0 saturated heterocycles. The summed E-state index contributed by atoms with van der Waals surface area (Å²) in [6, 6.07) is 42.6. The van der Waals surface area contributed by atoms with Gasteiger partial charge in [-0.25, -0.2) is 0 Å². The van der Waals surface area contributed by atoms with Crippen molar-refractivity contribution in [2.45, 2.75) is 5.41 Å². The van der Waals surface area contributed by atoms with E-state index in [4.69, 9.17) is 27.6 Å². The van der Waals surface area contributed by atoms with Crippen molar-refractivity contribution in [2.75, 3.05) is 0 Å². The van der Waals surface area contributed by atoms with E-state index in [0.29, 0.717) is 10.0 Å². The first-order valence-corrected chi connectivity index (χ1v) is 15.1. The van der Waals surface area contributed by atoms with Crippen molar-refractivity contribution >= 4 is 76.6 Å². The van der Waals surface area contributed by atoms with Gasteiger partial charge in [-0.05, 0) is 58.1 Å². The summed E-state index contributed by atoms with van der Waals surface area (Å²) in [5.74, 6) is 0. The fourth-order valence-corrected chi connectivity index (χ4v) is 8.73. The highest BCUT2D eigenvalue weighted by Gasteiger charge is 2.49. The minimum absolute atomic E-state index is 0.648. The van der Waals surface area contributed by atoms with E-state index in [0.717, 1.165) is 27.5 Å². The van der Waals surface area contributed by atoms with Crippen LogP contribution in [0.1, 0.15) is 22.3 Å². The van der Waals surface area contributed by atoms with E-state index in [1.807, 2.05) is 29.5 Å². The number of hydrogen-bond acceptors (Lipinski definition) is 2. The molecule has 1 aliphatic rings. The number of rotatable bonds is 2. The molecule has 194 valence electrons. The Balaban J connectivity index is 1.64. The molecular formula is C37H20Cl2OS. The van der Waals surface area contributed by atoms with Crippen molar-refractivity contribution < 1.29 is 4.42 Å². The van der Waals surface area contributed by atoms with Gasteiger partial charge < -0.3 is 4.42 Å². The van der Waals surface area contributed by atoms with Crippen molar-refractivity contribution in [2.24, 2.45) is 0 Å². The minimum Gasteiger partial charge on any atom is -0.456 e. The molecule has 0 spiro atoms. The van der Waals surface area contributed by atoms with Crippen LogP contribution in [0.2, 0.25) is 10.0 Å². The summed E-state index contributed by atoms with van der Waals surface area (Å²) in [4.78, 5) is 0. The monoisotopic (exact) mass is 582 g/mol. The van der Waals surface area contributed by atoms with E-state index in [2.05, 4.69) is 103 Å². The fraction of sp³-hybridized carbons (Fsp3) is 0.0270. The Bertz CT molecular complexity index is 2290. The van der Waals surface area contributed by atoms with E-state index >= 15 is 0 Å². The predicted octanol–water partition coefficient (Wildman–Crippen LogP) is 11.6. The van der Waals surface area contributed by atoms with Crippen LogP contribution in [0, 0.1) is 0 Å². The number of benzene rings is 6. The normalized spacial score (nSPS) is 13.8. The summed E-state index contributed by atoms with van der Waals surface area (Å²) in [7, 11) is 0. The van der Waals surface area contributed by atoms with Crippen LogP contribution in [0.3, 0.4) is 0 Å². The van der Waals surface area contributed by atoms with Gasteiger partial charge in [0.25, 0.3) is 0 Å². The van der Waals surface area contributed by atoms with Crippen LogP contribution in [0.5, 0.6) is 0 Å². The summed E-state index contributed by atoms with van der Waals surface area (Å²) in [5.41, 5.74) is 8.12. The Morgan fingerprint density at radius 3 is 2.02 bits per heavy atom. The number of fused-ring (bicyclic) bond motifs is 12. The fourth-order valence-electron chi connectivity index (χ4n) is 7.13. The maximum Gasteiger partial charge on any atom is 0.142 e. The van der Waals surface area contributed by atoms with Crippen LogP contribution < -0.4 is 0 Å². The molecule has 9 rings (SSSR count). The Morgan fingerprint density at radius 2 is 1.27 bits per heavy atom. The first-order chi connectivity index (χ1) is 20.2. The van der Waals surface area contributed by atoms with E-state index in [-0.39, 0.29) is 0 Å². The van der Waals surface area contributed by atoms with E-state index in [1.54, 1.807) is 0 Å². The first kappa shape index (κ1) is 23.6. The second-order valence-electron chi connectivity index (χ2n) is 10.7. The van der Waals surface area contributed by atoms with Crippen LogP contribution in [0.15, 0.2) is 126 Å². The molecule has 0 fully saturated rings. The lowest BCUT2D eigenvalue weighted by atomic mass is 9.67. The van der Waals surface area contributed by atoms with E-state index in [1.165, 1.54) is 48.0 Å². The zero-order valence-electron chi connectivity index (χ0n) is 21.6. The van der Waals surface area contributed by atoms with Gasteiger partial charge in [-0.1, -0.05) is 108 Å². The average molecular weight is 584 g/mol. The molecule has 0 radical (unpaired) electrons. The number of hydrogen-bond donors (Lipinski definition) is 0. The van der Waals surface area contributed by atoms with Crippen LogP contribution in [-0.4, -0.2) is 0 Å². The third kappa shape index (κ3) is 3.02. The summed E-state index contributed by atoms with van der Waals surface area (Å²) in [6.07, 6.45) is 0. The van der Waals surface area contributed by atoms with Crippen LogP contribution in [0.4, 0.5) is 0 Å². The van der Waals surface area contributed by atoms with Gasteiger partial charge in [-0.3, -0.25) is 0 Å². The number of halogens is 2. The molecule has 0 saturated carbocycles. The topological polar surface area (TPSA) is 13.1 Å². The minimum atomic E-state index is -0.648. The first-order valence-electron chi connectivity index (χ1n) is 13.6. The second kappa shape index (κ2) is 8.47. The van der Waals surface area contributed by atoms with Crippen LogP contribution in [0.25, 0.3) is 53.2 Å². The van der Waals surface area contributed by atoms with Gasteiger partial charge in [-0.2, -0.15) is 0 Å². The van der Waals surface area contributed by atoms with Gasteiger partial charge in [0, 0.05) is 52.6 Å². The quantitative estimate of drug-likeness (QED) is 0.197. The zero-order valence-corrected chi connectivity index (χ0v) is 23.9. The van der Waals surface area contributed by atoms with Crippen molar-refractivity contribution in [1.29, 1.82) is 0 Å². The Labute approximate surface area is 250 Å². The smallest absolute Gasteiger partial charge is 0.142 e. The highest BCUT2D eigenvalue weighted by molar-refractivity contribution is 7.27. The number of furan rings is 1. The van der Waals surface area contributed by atoms with Gasteiger partial charge in [0.1, 0.15) is 11.2 Å². The molecule has 0 aliphatic heterocycles. The summed E-state index contributed by atoms with van der Waals surface area (Å²) < 4.78 is 9.42. The molecule has 4 heteroatoms. The largest absolute Gasteiger partial charge is 0.456 e. The van der Waals surface area contributed by atoms with E-state index in [9.17, 15) is 0 Å². The van der Waals surface area contributed by atoms with Crippen molar-refractivity contribution in [3.63, 3.8) is 0 Å². The van der Waals surface area contributed by atoms with E-state index < -0.39 is 5.41 Å². The van der Waals surface area contributed by atoms with Crippen LogP contribution >= 0.6 is 34.5 Å². The van der Waals surface area contributed by atoms with Gasteiger partial charge in [0.05, 0.1) is 5.41 Å². The highest BCUT2D eigenvalue weighted by atomic mass is 35.5. The molecule has 2 heterocycles. The molecular weight excluding hydrogens is 563 g/mol. The SMILES string of the molecule is Clc1ccc2c(c1)C(c1ccccc1)(c1ccccc1)c1c-2c2c3ccccc3sc2c2c1oc1cc(Cl)ccc12. The molecule has 0 bridgehead atoms. The zero-order chi connectivity index (χ0) is 27.3. The molecule has 0 unspecified atom stereocenters. The lowest BCUT2D eigenvalue weighted by molar-refractivity contribution is 0.650. The lowest BCUT2D eigenvalue weighted by Gasteiger charge is -2.33. The van der Waals surface area contributed by atoms with Gasteiger partial charge in [0.15, 0.2) is 0 Å². The molecule has 0 atom stereocenters. The van der Waals surface area contributed by atoms with Gasteiger partial charge in [-0.15, -0.1) is 11.3 Å². The second-order valence-corrected chi connectivity index (χ2v) is 12.6. The maximum absolute atomic E-state index is 6.93. The molecule has 6 aromatic carbocycles. The van der Waals surface area contributed by atoms with Crippen molar-refractivity contribution in [3.8, 4) is 11.1 Å². The summed E-state index contributed by atoms with van der Waals surface area (Å²) in [5, 5.41) is 6.12. The number of thiophene rings is 1.